The van der Waals surface area contributed by atoms with E-state index in [1.54, 1.807) is 0 Å². The van der Waals surface area contributed by atoms with Crippen molar-refractivity contribution in [3.63, 3.8) is 0 Å². The van der Waals surface area contributed by atoms with Gasteiger partial charge in [-0.25, -0.2) is 0 Å². The molecule has 0 saturated heterocycles. The minimum absolute atomic E-state index is 0. The lowest BCUT2D eigenvalue weighted by Gasteiger charge is -1.81. The highest BCUT2D eigenvalue weighted by Crippen LogP contribution is 1.61. The molecule has 0 radical (unpaired) electrons. The van der Waals surface area contributed by atoms with Crippen molar-refractivity contribution in [2.24, 2.45) is 0 Å². The van der Waals surface area contributed by atoms with Gasteiger partial charge in [0, 0.05) is 31.4 Å². The van der Waals surface area contributed by atoms with Crippen molar-refractivity contribution in [3.05, 3.63) is 22.8 Å². The van der Waals surface area contributed by atoms with Crippen LogP contribution in [0.15, 0.2) is 12.3 Å². The quantitative estimate of drug-likeness (QED) is 0.562. The van der Waals surface area contributed by atoms with E-state index in [2.05, 4.69) is 10.3 Å². The van der Waals surface area contributed by atoms with Crippen LogP contribution in [0.2, 0.25) is 0 Å². The van der Waals surface area contributed by atoms with Crippen LogP contribution >= 0.6 is 0 Å². The van der Waals surface area contributed by atoms with Gasteiger partial charge in [0.05, 0.1) is 0 Å². The van der Waals surface area contributed by atoms with Gasteiger partial charge >= 0.3 is 0 Å². The largest absolute Gasteiger partial charge is 0.393 e. The second-order valence-electron chi connectivity index (χ2n) is 2.07. The molecular formula is C8H14N2. The van der Waals surface area contributed by atoms with Crippen LogP contribution in [0.4, 0.5) is 0 Å². The molecule has 0 spiro atoms. The highest BCUT2D eigenvalue weighted by molar-refractivity contribution is 5.25. The first-order chi connectivity index (χ1) is 4.88. The summed E-state index contributed by atoms with van der Waals surface area (Å²) in [5, 5.41) is 5.34. The molecule has 0 unspecified atom stereocenters. The molecule has 0 amide bonds. The van der Waals surface area contributed by atoms with Crippen molar-refractivity contribution in [2.45, 2.75) is 6.92 Å². The zero-order valence-electron chi connectivity index (χ0n) is 6.31. The highest BCUT2D eigenvalue weighted by Gasteiger charge is 1.80. The van der Waals surface area contributed by atoms with E-state index >= 15 is 0 Å². The average molecular weight is 138 g/mol. The molecule has 0 aliphatic carbocycles. The van der Waals surface area contributed by atoms with E-state index in [-0.39, 0.29) is 1.43 Å². The van der Waals surface area contributed by atoms with E-state index in [1.807, 2.05) is 38.5 Å². The Hall–Kier alpha value is -1.18. The molecule has 0 aromatic carbocycles. The lowest BCUT2D eigenvalue weighted by atomic mass is 10.4. The van der Waals surface area contributed by atoms with Crippen molar-refractivity contribution in [1.29, 1.82) is 0 Å². The van der Waals surface area contributed by atoms with Crippen molar-refractivity contribution in [2.75, 3.05) is 7.05 Å². The first-order valence-electron chi connectivity index (χ1n) is 3.35. The fraction of sp³-hybridized carbons (Fsp3) is 0.250. The Kier molecular flexibility index (Phi) is 2.15. The van der Waals surface area contributed by atoms with Gasteiger partial charge in [-0.1, -0.05) is 6.08 Å². The molecule has 0 saturated carbocycles. The molecule has 1 rings (SSSR count). The maximum atomic E-state index is 3.11. The van der Waals surface area contributed by atoms with Crippen molar-refractivity contribution >= 4 is 12.3 Å². The predicted molar refractivity (Wildman–Crippen MR) is 45.8 cm³/mol. The maximum Gasteiger partial charge on any atom is 0.0425 e. The first-order valence-corrected chi connectivity index (χ1v) is 3.35. The summed E-state index contributed by atoms with van der Waals surface area (Å²) in [6, 6.07) is 2.03. The van der Waals surface area contributed by atoms with E-state index in [0.717, 1.165) is 5.35 Å². The van der Waals surface area contributed by atoms with Gasteiger partial charge in [-0.05, 0) is 13.0 Å². The third kappa shape index (κ3) is 1.21. The Morgan fingerprint density at radius 3 is 3.10 bits per heavy atom. The van der Waals surface area contributed by atoms with Crippen LogP contribution in [0.5, 0.6) is 0 Å². The Bertz CT molecular complexity index is 300. The topological polar surface area (TPSA) is 27.8 Å². The maximum absolute atomic E-state index is 3.11. The molecular weight excluding hydrogens is 124 g/mol. The van der Waals surface area contributed by atoms with Crippen LogP contribution in [-0.4, -0.2) is 12.0 Å². The lowest BCUT2D eigenvalue weighted by Crippen LogP contribution is -2.23. The number of rotatable bonds is 1. The van der Waals surface area contributed by atoms with E-state index in [9.17, 15) is 0 Å². The average Bonchev–Trinajstić information content (AvgIpc) is 2.36. The zero-order chi connectivity index (χ0) is 7.40. The smallest absolute Gasteiger partial charge is 0.0425 e. The monoisotopic (exact) mass is 138 g/mol. The molecule has 0 aliphatic rings. The van der Waals surface area contributed by atoms with Crippen molar-refractivity contribution in [3.8, 4) is 0 Å². The summed E-state index contributed by atoms with van der Waals surface area (Å²) in [6.45, 7) is 2.01. The van der Waals surface area contributed by atoms with Crippen LogP contribution in [0.3, 0.4) is 0 Å². The van der Waals surface area contributed by atoms with Crippen molar-refractivity contribution in [1.82, 2.24) is 10.3 Å². The summed E-state index contributed by atoms with van der Waals surface area (Å²) in [7, 11) is 1.90. The van der Waals surface area contributed by atoms with Gasteiger partial charge in [0.15, 0.2) is 0 Å². The lowest BCUT2D eigenvalue weighted by molar-refractivity contribution is 1.17. The molecule has 0 fully saturated rings. The van der Waals surface area contributed by atoms with Crippen LogP contribution < -0.4 is 15.9 Å². The summed E-state index contributed by atoms with van der Waals surface area (Å²) in [6.07, 6.45) is 5.94. The third-order valence-corrected chi connectivity index (χ3v) is 1.40. The Labute approximate surface area is 61.8 Å². The molecule has 2 nitrogen and oxygen atoms in total. The molecule has 2 N–H and O–H groups in total. The molecule has 10 heavy (non-hydrogen) atoms. The molecule has 56 valence electrons. The second kappa shape index (κ2) is 3.11. The van der Waals surface area contributed by atoms with Crippen molar-refractivity contribution < 1.29 is 1.43 Å². The van der Waals surface area contributed by atoms with Crippen LogP contribution in [0.1, 0.15) is 8.35 Å². The summed E-state index contributed by atoms with van der Waals surface area (Å²) in [4.78, 5) is 3.11. The number of hydrogen-bond acceptors (Lipinski definition) is 1. The van der Waals surface area contributed by atoms with Crippen LogP contribution in [0, 0.1) is 0 Å². The van der Waals surface area contributed by atoms with Gasteiger partial charge in [0.1, 0.15) is 0 Å². The Balaban J connectivity index is 0.000001000. The predicted octanol–water partition coefficient (Wildman–Crippen LogP) is 0.0185. The van der Waals surface area contributed by atoms with Gasteiger partial charge in [0.25, 0.3) is 0 Å². The highest BCUT2D eigenvalue weighted by atomic mass is 14.8. The molecule has 1 aromatic rings. The van der Waals surface area contributed by atoms with E-state index < -0.39 is 0 Å². The minimum atomic E-state index is 0. The standard InChI is InChI=1S/C8H12N2.H2/c1-3-8-7(6-9-2)4-5-10-8;/h3-6,9-10H,1-2H3;1H/b7-6-,8-3+;. The zero-order valence-corrected chi connectivity index (χ0v) is 6.31. The van der Waals surface area contributed by atoms with Crippen LogP contribution in [-0.2, 0) is 0 Å². The SMILES string of the molecule is C/C=c1/[nH]cc/c1=C/NC.[HH]. The molecule has 0 atom stereocenters. The summed E-state index contributed by atoms with van der Waals surface area (Å²) in [5.74, 6) is 0. The number of aromatic amines is 1. The Morgan fingerprint density at radius 2 is 2.50 bits per heavy atom. The fourth-order valence-corrected chi connectivity index (χ4v) is 0.926. The molecule has 2 heteroatoms. The van der Waals surface area contributed by atoms with Gasteiger partial charge in [-0.15, -0.1) is 0 Å². The number of aromatic nitrogens is 1. The van der Waals surface area contributed by atoms with E-state index in [0.29, 0.717) is 0 Å². The molecule has 1 heterocycles. The van der Waals surface area contributed by atoms with Gasteiger partial charge in [-0.2, -0.15) is 0 Å². The summed E-state index contributed by atoms with van der Waals surface area (Å²) < 4.78 is 0. The van der Waals surface area contributed by atoms with E-state index in [1.165, 1.54) is 5.22 Å². The second-order valence-corrected chi connectivity index (χ2v) is 2.07. The molecule has 0 aliphatic heterocycles. The summed E-state index contributed by atoms with van der Waals surface area (Å²) in [5.41, 5.74) is 0. The first kappa shape index (κ1) is 6.93. The van der Waals surface area contributed by atoms with Gasteiger partial charge in [0.2, 0.25) is 0 Å². The summed E-state index contributed by atoms with van der Waals surface area (Å²) >= 11 is 0. The molecule has 0 bridgehead atoms. The number of hydrogen-bond donors (Lipinski definition) is 2. The number of nitrogens with one attached hydrogen (secondary N) is 2. The normalized spacial score (nSPS) is 14.2. The van der Waals surface area contributed by atoms with Gasteiger partial charge in [-0.3, -0.25) is 0 Å². The van der Waals surface area contributed by atoms with Gasteiger partial charge < -0.3 is 10.3 Å². The number of H-pyrrole nitrogens is 1. The third-order valence-electron chi connectivity index (χ3n) is 1.40. The molecule has 1 aromatic heterocycles. The van der Waals surface area contributed by atoms with Crippen LogP contribution in [0.25, 0.3) is 12.3 Å². The fourth-order valence-electron chi connectivity index (χ4n) is 0.926. The minimum Gasteiger partial charge on any atom is -0.393 e. The Morgan fingerprint density at radius 1 is 1.70 bits per heavy atom. The van der Waals surface area contributed by atoms with E-state index in [4.69, 9.17) is 0 Å².